The predicted molar refractivity (Wildman–Crippen MR) is 53.6 cm³/mol. The number of hydrogen-bond acceptors (Lipinski definition) is 5. The molecule has 0 atom stereocenters. The van der Waals surface area contributed by atoms with Gasteiger partial charge >= 0.3 is 0 Å². The van der Waals surface area contributed by atoms with Gasteiger partial charge in [0.25, 0.3) is 0 Å². The topological polar surface area (TPSA) is 35.5 Å². The van der Waals surface area contributed by atoms with Crippen molar-refractivity contribution in [1.82, 2.24) is 0 Å². The maximum atomic E-state index is 11.5. The first-order valence-corrected chi connectivity index (χ1v) is 5.93. The van der Waals surface area contributed by atoms with E-state index in [1.807, 2.05) is 12.5 Å². The number of hydrogen-bond donors (Lipinski definition) is 0. The monoisotopic (exact) mass is 210 g/mol. The van der Waals surface area contributed by atoms with Crippen molar-refractivity contribution in [3.05, 3.63) is 0 Å². The molecule has 0 amide bonds. The van der Waals surface area contributed by atoms with Crippen molar-refractivity contribution in [3.8, 4) is 0 Å². The summed E-state index contributed by atoms with van der Waals surface area (Å²) in [5.74, 6) is -0.0278. The van der Waals surface area contributed by atoms with Crippen molar-refractivity contribution < 1.29 is 14.3 Å². The first kappa shape index (κ1) is 12.3. The van der Waals surface area contributed by atoms with Gasteiger partial charge < -0.3 is 9.47 Å². The van der Waals surface area contributed by atoms with Crippen molar-refractivity contribution in [2.75, 3.05) is 26.7 Å². The Bertz CT molecular complexity index is 119. The molecule has 0 unspecified atom stereocenters. The van der Waals surface area contributed by atoms with Gasteiger partial charge in [-0.2, -0.15) is 0 Å². The fourth-order valence-corrected chi connectivity index (χ4v) is 2.22. The van der Waals surface area contributed by atoms with E-state index in [1.54, 1.807) is 0 Å². The Balaban J connectivity index is 4.12. The van der Waals surface area contributed by atoms with Crippen molar-refractivity contribution in [1.29, 1.82) is 0 Å². The lowest BCUT2D eigenvalue weighted by Gasteiger charge is -2.16. The van der Waals surface area contributed by atoms with Gasteiger partial charge in [0.05, 0.1) is 0 Å². The van der Waals surface area contributed by atoms with E-state index in [0.717, 1.165) is 0 Å². The molecule has 0 saturated carbocycles. The molecule has 0 aliphatic rings. The summed E-state index contributed by atoms with van der Waals surface area (Å²) in [4.78, 5) is 11.5. The highest BCUT2D eigenvalue weighted by molar-refractivity contribution is 8.17. The lowest BCUT2D eigenvalue weighted by Crippen LogP contribution is -2.31. The minimum atomic E-state index is -0.727. The molecule has 0 radical (unpaired) electrons. The van der Waals surface area contributed by atoms with E-state index >= 15 is 0 Å². The standard InChI is InChI=1S/C7H14O3S2/c1-9-6(10-2)5(8)7(11-3)12-4/h6-7H,1-4H3. The molecule has 0 fully saturated rings. The van der Waals surface area contributed by atoms with Crippen LogP contribution in [0.5, 0.6) is 0 Å². The summed E-state index contributed by atoms with van der Waals surface area (Å²) in [5.41, 5.74) is 0. The molecule has 0 saturated heterocycles. The zero-order valence-corrected chi connectivity index (χ0v) is 9.33. The van der Waals surface area contributed by atoms with Crippen molar-refractivity contribution >= 4 is 29.3 Å². The highest BCUT2D eigenvalue weighted by Gasteiger charge is 2.25. The minimum Gasteiger partial charge on any atom is -0.349 e. The Morgan fingerprint density at radius 2 is 1.58 bits per heavy atom. The number of carbonyl (C=O) groups excluding carboxylic acids is 1. The number of methoxy groups -OCH3 is 2. The van der Waals surface area contributed by atoms with Crippen molar-refractivity contribution in [2.24, 2.45) is 0 Å². The summed E-state index contributed by atoms with van der Waals surface area (Å²) in [7, 11) is 2.92. The van der Waals surface area contributed by atoms with Crippen LogP contribution in [0.1, 0.15) is 0 Å². The van der Waals surface area contributed by atoms with Crippen LogP contribution < -0.4 is 0 Å². The molecule has 0 N–H and O–H groups in total. The van der Waals surface area contributed by atoms with Crippen LogP contribution in [0.4, 0.5) is 0 Å². The lowest BCUT2D eigenvalue weighted by atomic mass is 10.4. The van der Waals surface area contributed by atoms with Gasteiger partial charge in [-0.3, -0.25) is 4.79 Å². The number of ketones is 1. The summed E-state index contributed by atoms with van der Waals surface area (Å²) in [6, 6.07) is 0. The van der Waals surface area contributed by atoms with Crippen LogP contribution in [0, 0.1) is 0 Å². The van der Waals surface area contributed by atoms with E-state index in [4.69, 9.17) is 9.47 Å². The zero-order valence-electron chi connectivity index (χ0n) is 7.70. The Kier molecular flexibility index (Phi) is 6.93. The molecular formula is C7H14O3S2. The van der Waals surface area contributed by atoms with Gasteiger partial charge in [-0.1, -0.05) is 0 Å². The average molecular weight is 210 g/mol. The second kappa shape index (κ2) is 6.77. The maximum Gasteiger partial charge on any atom is 0.219 e. The number of ether oxygens (including phenoxy) is 2. The van der Waals surface area contributed by atoms with Crippen LogP contribution >= 0.6 is 23.5 Å². The van der Waals surface area contributed by atoms with E-state index < -0.39 is 6.29 Å². The molecule has 0 aliphatic heterocycles. The molecule has 3 nitrogen and oxygen atoms in total. The molecule has 0 bridgehead atoms. The van der Waals surface area contributed by atoms with Crippen molar-refractivity contribution in [2.45, 2.75) is 10.9 Å². The summed E-state index contributed by atoms with van der Waals surface area (Å²) in [6.07, 6.45) is 3.05. The van der Waals surface area contributed by atoms with Crippen LogP contribution in [0.2, 0.25) is 0 Å². The zero-order chi connectivity index (χ0) is 9.56. The van der Waals surface area contributed by atoms with E-state index in [-0.39, 0.29) is 10.4 Å². The Hall–Kier alpha value is 0.290. The molecule has 0 aromatic carbocycles. The van der Waals surface area contributed by atoms with Crippen LogP contribution in [-0.4, -0.2) is 43.4 Å². The summed E-state index contributed by atoms with van der Waals surface area (Å²) in [6.45, 7) is 0. The van der Waals surface area contributed by atoms with Gasteiger partial charge in [-0.15, -0.1) is 23.5 Å². The third-order valence-corrected chi connectivity index (χ3v) is 3.80. The van der Waals surface area contributed by atoms with Gasteiger partial charge in [0.15, 0.2) is 0 Å². The fourth-order valence-electron chi connectivity index (χ4n) is 0.768. The quantitative estimate of drug-likeness (QED) is 0.616. The van der Waals surface area contributed by atoms with Gasteiger partial charge in [-0.05, 0) is 12.5 Å². The first-order valence-electron chi connectivity index (χ1n) is 3.36. The highest BCUT2D eigenvalue weighted by Crippen LogP contribution is 2.21. The van der Waals surface area contributed by atoms with Gasteiger partial charge in [0.2, 0.25) is 12.1 Å². The number of thioether (sulfide) groups is 2. The number of Topliss-reactive ketones (excluding diaryl/α,β-unsaturated/α-hetero) is 1. The number of rotatable bonds is 6. The second-order valence-corrected chi connectivity index (χ2v) is 4.19. The molecule has 0 heterocycles. The Morgan fingerprint density at radius 1 is 1.17 bits per heavy atom. The van der Waals surface area contributed by atoms with Gasteiger partial charge in [-0.25, -0.2) is 0 Å². The molecular weight excluding hydrogens is 196 g/mol. The lowest BCUT2D eigenvalue weighted by molar-refractivity contribution is -0.154. The van der Waals surface area contributed by atoms with Crippen LogP contribution in [0.15, 0.2) is 0 Å². The van der Waals surface area contributed by atoms with E-state index in [2.05, 4.69) is 0 Å². The Morgan fingerprint density at radius 3 is 1.83 bits per heavy atom. The second-order valence-electron chi connectivity index (χ2n) is 2.01. The van der Waals surface area contributed by atoms with Crippen LogP contribution in [-0.2, 0) is 14.3 Å². The highest BCUT2D eigenvalue weighted by atomic mass is 32.2. The Labute approximate surface area is 81.6 Å². The maximum absolute atomic E-state index is 11.5. The molecule has 12 heavy (non-hydrogen) atoms. The molecule has 0 aliphatic carbocycles. The van der Waals surface area contributed by atoms with E-state index in [0.29, 0.717) is 0 Å². The average Bonchev–Trinajstić information content (AvgIpc) is 2.09. The van der Waals surface area contributed by atoms with Gasteiger partial charge in [0, 0.05) is 14.2 Å². The summed E-state index contributed by atoms with van der Waals surface area (Å²) < 4.78 is 9.59. The number of carbonyl (C=O) groups is 1. The predicted octanol–water partition coefficient (Wildman–Crippen LogP) is 1.23. The first-order chi connectivity index (χ1) is 5.71. The SMILES string of the molecule is COC(OC)C(=O)C(SC)SC. The molecule has 0 aromatic heterocycles. The van der Waals surface area contributed by atoms with E-state index in [1.165, 1.54) is 37.7 Å². The molecule has 0 spiro atoms. The van der Waals surface area contributed by atoms with Crippen LogP contribution in [0.25, 0.3) is 0 Å². The van der Waals surface area contributed by atoms with E-state index in [9.17, 15) is 4.79 Å². The van der Waals surface area contributed by atoms with Crippen molar-refractivity contribution in [3.63, 3.8) is 0 Å². The third kappa shape index (κ3) is 3.35. The largest absolute Gasteiger partial charge is 0.349 e. The van der Waals surface area contributed by atoms with Crippen LogP contribution in [0.3, 0.4) is 0 Å². The molecule has 0 aromatic rings. The normalized spacial score (nSPS) is 11.2. The fraction of sp³-hybridized carbons (Fsp3) is 0.857. The molecule has 0 rings (SSSR count). The smallest absolute Gasteiger partial charge is 0.219 e. The van der Waals surface area contributed by atoms with Gasteiger partial charge in [0.1, 0.15) is 4.58 Å². The minimum absolute atomic E-state index is 0.0278. The third-order valence-electron chi connectivity index (χ3n) is 1.32. The molecule has 72 valence electrons. The summed E-state index contributed by atoms with van der Waals surface area (Å²) >= 11 is 2.98. The molecule has 5 heteroatoms. The summed E-state index contributed by atoms with van der Waals surface area (Å²) in [5, 5.41) is 0.